The number of thioether (sulfide) groups is 1. The van der Waals surface area contributed by atoms with Gasteiger partial charge in [0.1, 0.15) is 0 Å². The summed E-state index contributed by atoms with van der Waals surface area (Å²) in [4.78, 5) is 0.272. The Morgan fingerprint density at radius 2 is 2.16 bits per heavy atom. The van der Waals surface area contributed by atoms with Gasteiger partial charge in [-0.05, 0) is 59.6 Å². The van der Waals surface area contributed by atoms with Crippen LogP contribution in [0.25, 0.3) is 0 Å². The summed E-state index contributed by atoms with van der Waals surface area (Å²) in [5.74, 6) is 1.11. The van der Waals surface area contributed by atoms with Crippen molar-refractivity contribution in [3.63, 3.8) is 0 Å². The molecule has 106 valence electrons. The van der Waals surface area contributed by atoms with Crippen LogP contribution in [0.3, 0.4) is 0 Å². The van der Waals surface area contributed by atoms with E-state index in [9.17, 15) is 8.42 Å². The Bertz CT molecular complexity index is 569. The summed E-state index contributed by atoms with van der Waals surface area (Å²) in [5.41, 5.74) is 0. The van der Waals surface area contributed by atoms with E-state index >= 15 is 0 Å². The summed E-state index contributed by atoms with van der Waals surface area (Å²) in [6.45, 7) is 2.59. The van der Waals surface area contributed by atoms with Crippen LogP contribution in [-0.2, 0) is 10.0 Å². The zero-order valence-corrected chi connectivity index (χ0v) is 15.3. The molecule has 1 atom stereocenters. The highest BCUT2D eigenvalue weighted by molar-refractivity contribution is 9.11. The van der Waals surface area contributed by atoms with E-state index in [0.717, 1.165) is 23.1 Å². The largest absolute Gasteiger partial charge is 0.241 e. The smallest absolute Gasteiger partial charge is 0.210 e. The van der Waals surface area contributed by atoms with E-state index in [1.54, 1.807) is 18.2 Å². The molecule has 1 fully saturated rings. The van der Waals surface area contributed by atoms with E-state index in [2.05, 4.69) is 43.5 Å². The van der Waals surface area contributed by atoms with Gasteiger partial charge in [0.05, 0.1) is 4.90 Å². The third-order valence-corrected chi connectivity index (χ3v) is 7.55. The van der Waals surface area contributed by atoms with Gasteiger partial charge in [-0.3, -0.25) is 0 Å². The molecular formula is C12H15Br2NO2S2. The van der Waals surface area contributed by atoms with Gasteiger partial charge < -0.3 is 0 Å². The van der Waals surface area contributed by atoms with Crippen molar-refractivity contribution in [2.75, 3.05) is 12.3 Å². The molecule has 0 bridgehead atoms. The first-order valence-corrected chi connectivity index (χ1v) is 9.97. The lowest BCUT2D eigenvalue weighted by Crippen LogP contribution is -2.36. The molecule has 1 unspecified atom stereocenters. The molecule has 0 saturated carbocycles. The van der Waals surface area contributed by atoms with Crippen LogP contribution in [0.5, 0.6) is 0 Å². The van der Waals surface area contributed by atoms with Crippen LogP contribution in [0.1, 0.15) is 19.8 Å². The van der Waals surface area contributed by atoms with Crippen molar-refractivity contribution in [2.45, 2.75) is 29.4 Å². The molecule has 1 N–H and O–H groups in total. The van der Waals surface area contributed by atoms with Gasteiger partial charge >= 0.3 is 0 Å². The molecule has 1 aliphatic rings. The molecule has 1 aromatic carbocycles. The van der Waals surface area contributed by atoms with Gasteiger partial charge in [0.15, 0.2) is 0 Å². The van der Waals surface area contributed by atoms with Crippen molar-refractivity contribution in [1.82, 2.24) is 4.72 Å². The highest BCUT2D eigenvalue weighted by Crippen LogP contribution is 2.37. The maximum absolute atomic E-state index is 12.3. The molecule has 1 heterocycles. The second kappa shape index (κ2) is 6.05. The number of rotatable bonds is 4. The number of hydrogen-bond donors (Lipinski definition) is 1. The fraction of sp³-hybridized carbons (Fsp3) is 0.500. The van der Waals surface area contributed by atoms with Gasteiger partial charge in [-0.1, -0.05) is 15.9 Å². The number of sulfonamides is 1. The van der Waals surface area contributed by atoms with Gasteiger partial charge in [-0.15, -0.1) is 0 Å². The first-order chi connectivity index (χ1) is 8.82. The van der Waals surface area contributed by atoms with E-state index in [1.807, 2.05) is 11.8 Å². The molecule has 0 radical (unpaired) electrons. The first kappa shape index (κ1) is 15.8. The zero-order valence-electron chi connectivity index (χ0n) is 10.4. The van der Waals surface area contributed by atoms with Crippen LogP contribution in [0, 0.1) is 0 Å². The molecule has 0 amide bonds. The molecule has 0 spiro atoms. The fourth-order valence-corrected chi connectivity index (χ4v) is 5.99. The summed E-state index contributed by atoms with van der Waals surface area (Å²) >= 11 is 8.43. The summed E-state index contributed by atoms with van der Waals surface area (Å²) < 4.78 is 28.7. The maximum atomic E-state index is 12.3. The van der Waals surface area contributed by atoms with Crippen molar-refractivity contribution in [3.8, 4) is 0 Å². The summed E-state index contributed by atoms with van der Waals surface area (Å²) in [7, 11) is -3.48. The van der Waals surface area contributed by atoms with Gasteiger partial charge in [-0.2, -0.15) is 11.8 Å². The zero-order chi connectivity index (χ0) is 14.1. The lowest BCUT2D eigenvalue weighted by molar-refractivity contribution is 0.552. The van der Waals surface area contributed by atoms with Crippen LogP contribution in [0.15, 0.2) is 32.0 Å². The minimum absolute atomic E-state index is 0.0194. The Morgan fingerprint density at radius 1 is 1.42 bits per heavy atom. The molecule has 1 aliphatic heterocycles. The summed E-state index contributed by atoms with van der Waals surface area (Å²) in [5, 5.41) is 0. The van der Waals surface area contributed by atoms with Crippen LogP contribution in [0.2, 0.25) is 0 Å². The Labute approximate surface area is 135 Å². The Kier molecular flexibility index (Phi) is 5.04. The van der Waals surface area contributed by atoms with Crippen molar-refractivity contribution in [1.29, 1.82) is 0 Å². The quantitative estimate of drug-likeness (QED) is 0.793. The van der Waals surface area contributed by atoms with Gasteiger partial charge in [0, 0.05) is 20.2 Å². The maximum Gasteiger partial charge on any atom is 0.241 e. The standard InChI is InChI=1S/C12H15Br2NO2S2/c1-12(5-2-6-18-12)8-15-19(16,17)11-7-9(13)3-4-10(11)14/h3-4,7,15H,2,5-6,8H2,1H3. The summed E-state index contributed by atoms with van der Waals surface area (Å²) in [6, 6.07) is 5.14. The number of hydrogen-bond acceptors (Lipinski definition) is 3. The number of halogens is 2. The van der Waals surface area contributed by atoms with E-state index < -0.39 is 10.0 Å². The highest BCUT2D eigenvalue weighted by atomic mass is 79.9. The minimum Gasteiger partial charge on any atom is -0.210 e. The predicted molar refractivity (Wildman–Crippen MR) is 87.1 cm³/mol. The first-order valence-electron chi connectivity index (χ1n) is 5.91. The van der Waals surface area contributed by atoms with Gasteiger partial charge in [0.2, 0.25) is 10.0 Å². The van der Waals surface area contributed by atoms with E-state index in [0.29, 0.717) is 11.0 Å². The molecule has 1 saturated heterocycles. The molecule has 1 aromatic rings. The average Bonchev–Trinajstić information content (AvgIpc) is 2.78. The van der Waals surface area contributed by atoms with E-state index in [-0.39, 0.29) is 9.64 Å². The Morgan fingerprint density at radius 3 is 2.79 bits per heavy atom. The topological polar surface area (TPSA) is 46.2 Å². The number of nitrogens with one attached hydrogen (secondary N) is 1. The lowest BCUT2D eigenvalue weighted by atomic mass is 10.1. The number of benzene rings is 1. The third-order valence-electron chi connectivity index (χ3n) is 3.12. The minimum atomic E-state index is -3.48. The van der Waals surface area contributed by atoms with Crippen LogP contribution in [0.4, 0.5) is 0 Å². The Hall–Kier alpha value is 0.440. The molecular weight excluding hydrogens is 414 g/mol. The lowest BCUT2D eigenvalue weighted by Gasteiger charge is -2.23. The highest BCUT2D eigenvalue weighted by Gasteiger charge is 2.31. The Balaban J connectivity index is 2.16. The molecule has 0 aliphatic carbocycles. The van der Waals surface area contributed by atoms with Crippen LogP contribution >= 0.6 is 43.6 Å². The fourth-order valence-electron chi connectivity index (χ4n) is 1.98. The van der Waals surface area contributed by atoms with E-state index in [1.165, 1.54) is 0 Å². The molecule has 3 nitrogen and oxygen atoms in total. The predicted octanol–water partition coefficient (Wildman–Crippen LogP) is 3.78. The van der Waals surface area contributed by atoms with Crippen LogP contribution in [-0.4, -0.2) is 25.5 Å². The third kappa shape index (κ3) is 3.97. The molecule has 2 rings (SSSR count). The van der Waals surface area contributed by atoms with E-state index in [4.69, 9.17) is 0 Å². The van der Waals surface area contributed by atoms with Crippen LogP contribution < -0.4 is 4.72 Å². The average molecular weight is 429 g/mol. The molecule has 19 heavy (non-hydrogen) atoms. The van der Waals surface area contributed by atoms with Gasteiger partial charge in [0.25, 0.3) is 0 Å². The second-order valence-electron chi connectivity index (χ2n) is 4.80. The summed E-state index contributed by atoms with van der Waals surface area (Å²) in [6.07, 6.45) is 2.21. The van der Waals surface area contributed by atoms with Crippen molar-refractivity contribution in [3.05, 3.63) is 27.1 Å². The second-order valence-corrected chi connectivity index (χ2v) is 9.99. The molecule has 7 heteroatoms. The van der Waals surface area contributed by atoms with Gasteiger partial charge in [-0.25, -0.2) is 13.1 Å². The monoisotopic (exact) mass is 427 g/mol. The van der Waals surface area contributed by atoms with Crippen molar-refractivity contribution in [2.24, 2.45) is 0 Å². The van der Waals surface area contributed by atoms with Crippen molar-refractivity contribution >= 4 is 53.6 Å². The SMILES string of the molecule is CC1(CNS(=O)(=O)c2cc(Br)ccc2Br)CCCS1. The molecule has 0 aromatic heterocycles. The van der Waals surface area contributed by atoms with Crippen molar-refractivity contribution < 1.29 is 8.42 Å². The normalized spacial score (nSPS) is 23.7.